The molecule has 0 saturated carbocycles. The Bertz CT molecular complexity index is 1570. The molecule has 1 N–H and O–H groups in total. The van der Waals surface area contributed by atoms with Gasteiger partial charge in [0.05, 0.1) is 13.1 Å². The van der Waals surface area contributed by atoms with E-state index in [9.17, 15) is 5.11 Å². The Morgan fingerprint density at radius 1 is 1.00 bits per heavy atom. The van der Waals surface area contributed by atoms with Crippen LogP contribution in [0.25, 0.3) is 11.3 Å². The van der Waals surface area contributed by atoms with Crippen molar-refractivity contribution >= 4 is 0 Å². The summed E-state index contributed by atoms with van der Waals surface area (Å²) in [5.74, 6) is 7.88. The molecule has 0 radical (unpaired) electrons. The minimum Gasteiger partial charge on any atom is -0.385 e. The van der Waals surface area contributed by atoms with Crippen molar-refractivity contribution in [3.05, 3.63) is 107 Å². The number of aliphatic hydroxyl groups excluding tert-OH is 1. The molecule has 0 spiro atoms. The summed E-state index contributed by atoms with van der Waals surface area (Å²) >= 11 is 0. The Morgan fingerprint density at radius 2 is 1.72 bits per heavy atom. The van der Waals surface area contributed by atoms with E-state index in [2.05, 4.69) is 32.2 Å². The average molecular weight is 476 g/mol. The van der Waals surface area contributed by atoms with Crippen LogP contribution in [-0.2, 0) is 13.1 Å². The molecule has 0 aliphatic heterocycles. The van der Waals surface area contributed by atoms with Crippen LogP contribution in [0.15, 0.2) is 77.8 Å². The fourth-order valence-electron chi connectivity index (χ4n) is 3.73. The third-order valence-electron chi connectivity index (χ3n) is 5.56. The van der Waals surface area contributed by atoms with Crippen molar-refractivity contribution in [1.82, 2.24) is 29.5 Å². The molecule has 36 heavy (non-hydrogen) atoms. The number of aliphatic hydroxyl groups is 1. The van der Waals surface area contributed by atoms with E-state index >= 15 is 0 Å². The van der Waals surface area contributed by atoms with Gasteiger partial charge in [0.15, 0.2) is 5.76 Å². The normalized spacial score (nSPS) is 11.5. The molecule has 2 aromatic carbocycles. The van der Waals surface area contributed by atoms with Gasteiger partial charge in [0.1, 0.15) is 30.0 Å². The Labute approximate surface area is 207 Å². The lowest BCUT2D eigenvalue weighted by atomic mass is 10.1. The number of benzene rings is 2. The second-order valence-corrected chi connectivity index (χ2v) is 8.19. The zero-order valence-corrected chi connectivity index (χ0v) is 19.4. The zero-order chi connectivity index (χ0) is 24.9. The first-order chi connectivity index (χ1) is 17.6. The van der Waals surface area contributed by atoms with Gasteiger partial charge in [0.2, 0.25) is 5.82 Å². The van der Waals surface area contributed by atoms with Gasteiger partial charge in [0, 0.05) is 35.2 Å². The van der Waals surface area contributed by atoms with E-state index in [1.807, 2.05) is 65.2 Å². The molecule has 5 rings (SSSR count). The summed E-state index contributed by atoms with van der Waals surface area (Å²) in [5.41, 5.74) is 4.44. The fourth-order valence-corrected chi connectivity index (χ4v) is 3.73. The quantitative estimate of drug-likeness (QED) is 0.373. The number of rotatable bonds is 6. The highest BCUT2D eigenvalue weighted by Crippen LogP contribution is 2.22. The Kier molecular flexibility index (Phi) is 6.39. The summed E-state index contributed by atoms with van der Waals surface area (Å²) < 4.78 is 9.06. The average Bonchev–Trinajstić information content (AvgIpc) is 3.65. The number of hydrogen-bond acceptors (Lipinski definition) is 7. The molecule has 5 aromatic rings. The van der Waals surface area contributed by atoms with Crippen molar-refractivity contribution in [2.24, 2.45) is 0 Å². The van der Waals surface area contributed by atoms with Crippen LogP contribution in [0.3, 0.4) is 0 Å². The minimum absolute atomic E-state index is 0.285. The van der Waals surface area contributed by atoms with Crippen molar-refractivity contribution in [3.63, 3.8) is 0 Å². The van der Waals surface area contributed by atoms with E-state index in [1.54, 1.807) is 30.2 Å². The summed E-state index contributed by atoms with van der Waals surface area (Å²) in [6.45, 7) is 2.67. The Morgan fingerprint density at radius 3 is 2.42 bits per heavy atom. The molecule has 0 fully saturated rings. The highest BCUT2D eigenvalue weighted by molar-refractivity contribution is 5.59. The van der Waals surface area contributed by atoms with Gasteiger partial charge in [-0.2, -0.15) is 5.26 Å². The first-order valence-electron chi connectivity index (χ1n) is 11.2. The van der Waals surface area contributed by atoms with Crippen LogP contribution in [0.4, 0.5) is 0 Å². The minimum atomic E-state index is -0.657. The number of imidazole rings is 1. The molecule has 0 aliphatic rings. The van der Waals surface area contributed by atoms with Gasteiger partial charge in [-0.15, -0.1) is 10.2 Å². The van der Waals surface area contributed by atoms with Crippen molar-refractivity contribution in [3.8, 4) is 29.2 Å². The molecule has 3 aromatic heterocycles. The van der Waals surface area contributed by atoms with E-state index in [0.717, 1.165) is 27.9 Å². The SMILES string of the molecule is C[C@H](O)c1nccn1Cc1cc(-c2ccc(C#Cc3ccc(Cn4cnnc4C#N)cc3)cc2)on1. The largest absolute Gasteiger partial charge is 0.385 e. The maximum absolute atomic E-state index is 9.82. The van der Waals surface area contributed by atoms with Crippen LogP contribution >= 0.6 is 0 Å². The summed E-state index contributed by atoms with van der Waals surface area (Å²) in [7, 11) is 0. The molecule has 0 bridgehead atoms. The van der Waals surface area contributed by atoms with E-state index in [0.29, 0.717) is 24.7 Å². The predicted octanol–water partition coefficient (Wildman–Crippen LogP) is 3.55. The first kappa shape index (κ1) is 22.8. The number of hydrogen-bond donors (Lipinski definition) is 1. The standard InChI is InChI=1S/C27H21N7O2/c1-19(35)27-29-12-13-33(27)17-24-14-25(36-32-24)23-10-8-21(9-11-23)3-2-20-4-6-22(7-5-20)16-34-18-30-31-26(34)15-28/h4-14,18-19,35H,16-17H2,1H3/t19-/m0/s1. The van der Waals surface area contributed by atoms with Crippen molar-refractivity contribution in [2.75, 3.05) is 0 Å². The van der Waals surface area contributed by atoms with Gasteiger partial charge in [-0.25, -0.2) is 4.98 Å². The van der Waals surface area contributed by atoms with Crippen LogP contribution in [0.5, 0.6) is 0 Å². The summed E-state index contributed by atoms with van der Waals surface area (Å²) in [4.78, 5) is 4.18. The van der Waals surface area contributed by atoms with Crippen LogP contribution < -0.4 is 0 Å². The fraction of sp³-hybridized carbons (Fsp3) is 0.148. The van der Waals surface area contributed by atoms with E-state index in [4.69, 9.17) is 9.78 Å². The van der Waals surface area contributed by atoms with Crippen molar-refractivity contribution in [1.29, 1.82) is 5.26 Å². The van der Waals surface area contributed by atoms with Gasteiger partial charge in [-0.05, 0) is 48.9 Å². The number of aromatic nitrogens is 6. The third-order valence-corrected chi connectivity index (χ3v) is 5.56. The van der Waals surface area contributed by atoms with Gasteiger partial charge in [0.25, 0.3) is 0 Å². The summed E-state index contributed by atoms with van der Waals surface area (Å²) in [6, 6.07) is 19.5. The molecule has 0 amide bonds. The van der Waals surface area contributed by atoms with Crippen LogP contribution in [0, 0.1) is 23.2 Å². The maximum atomic E-state index is 9.82. The van der Waals surface area contributed by atoms with Crippen LogP contribution in [0.1, 0.15) is 47.1 Å². The first-order valence-corrected chi connectivity index (χ1v) is 11.2. The van der Waals surface area contributed by atoms with Gasteiger partial charge in [-0.1, -0.05) is 29.1 Å². The van der Waals surface area contributed by atoms with Crippen LogP contribution in [0.2, 0.25) is 0 Å². The topological polar surface area (TPSA) is 119 Å². The smallest absolute Gasteiger partial charge is 0.235 e. The highest BCUT2D eigenvalue weighted by Gasteiger charge is 2.12. The second-order valence-electron chi connectivity index (χ2n) is 8.19. The molecule has 1 atom stereocenters. The predicted molar refractivity (Wildman–Crippen MR) is 130 cm³/mol. The molecule has 3 heterocycles. The van der Waals surface area contributed by atoms with Crippen molar-refractivity contribution in [2.45, 2.75) is 26.1 Å². The highest BCUT2D eigenvalue weighted by atomic mass is 16.5. The Hall–Kier alpha value is -4.99. The van der Waals surface area contributed by atoms with Crippen molar-refractivity contribution < 1.29 is 9.63 Å². The molecular weight excluding hydrogens is 454 g/mol. The lowest BCUT2D eigenvalue weighted by molar-refractivity contribution is 0.184. The van der Waals surface area contributed by atoms with Gasteiger partial charge in [-0.3, -0.25) is 0 Å². The molecule has 176 valence electrons. The second kappa shape index (κ2) is 10.1. The molecule has 9 heteroatoms. The van der Waals surface area contributed by atoms with Gasteiger partial charge < -0.3 is 18.8 Å². The molecular formula is C27H21N7O2. The Balaban J connectivity index is 1.23. The van der Waals surface area contributed by atoms with E-state index in [-0.39, 0.29) is 5.82 Å². The van der Waals surface area contributed by atoms with E-state index in [1.165, 1.54) is 0 Å². The zero-order valence-electron chi connectivity index (χ0n) is 19.4. The maximum Gasteiger partial charge on any atom is 0.235 e. The van der Waals surface area contributed by atoms with Crippen LogP contribution in [-0.4, -0.2) is 34.6 Å². The molecule has 0 aliphatic carbocycles. The summed E-state index contributed by atoms with van der Waals surface area (Å²) in [6.07, 6.45) is 4.35. The third kappa shape index (κ3) is 5.07. The molecule has 0 saturated heterocycles. The molecule has 9 nitrogen and oxygen atoms in total. The lowest BCUT2D eigenvalue weighted by Gasteiger charge is -2.07. The lowest BCUT2D eigenvalue weighted by Crippen LogP contribution is -2.07. The monoisotopic (exact) mass is 475 g/mol. The van der Waals surface area contributed by atoms with E-state index < -0.39 is 6.10 Å². The summed E-state index contributed by atoms with van der Waals surface area (Å²) in [5, 5.41) is 30.6. The van der Waals surface area contributed by atoms with Gasteiger partial charge >= 0.3 is 0 Å². The molecule has 0 unspecified atom stereocenters. The number of nitrogens with zero attached hydrogens (tertiary/aromatic N) is 7. The number of nitriles is 1.